The molecule has 1 amide bonds. The third-order valence-corrected chi connectivity index (χ3v) is 6.03. The summed E-state index contributed by atoms with van der Waals surface area (Å²) >= 11 is 5.35. The minimum absolute atomic E-state index is 0.351. The summed E-state index contributed by atoms with van der Waals surface area (Å²) in [6.45, 7) is 9.20. The molecule has 0 heterocycles. The highest BCUT2D eigenvalue weighted by molar-refractivity contribution is 7.92. The van der Waals surface area contributed by atoms with Gasteiger partial charge in [-0.25, -0.2) is 24.1 Å². The van der Waals surface area contributed by atoms with Crippen LogP contribution in [0.1, 0.15) is 26.3 Å². The van der Waals surface area contributed by atoms with E-state index in [1.165, 1.54) is 6.92 Å². The molecule has 142 valence electrons. The number of hydrazine groups is 1. The van der Waals surface area contributed by atoms with Crippen molar-refractivity contribution in [3.63, 3.8) is 0 Å². The third kappa shape index (κ3) is 6.05. The third-order valence-electron chi connectivity index (χ3n) is 3.72. The van der Waals surface area contributed by atoms with Crippen molar-refractivity contribution in [3.8, 4) is 0 Å². The van der Waals surface area contributed by atoms with Crippen molar-refractivity contribution >= 4 is 38.9 Å². The molecule has 0 saturated heterocycles. The van der Waals surface area contributed by atoms with Gasteiger partial charge in [-0.15, -0.1) is 11.6 Å². The lowest BCUT2D eigenvalue weighted by Crippen LogP contribution is -2.41. The van der Waals surface area contributed by atoms with Crippen LogP contribution in [0, 0.1) is 6.92 Å². The van der Waals surface area contributed by atoms with Crippen LogP contribution in [0.15, 0.2) is 18.2 Å². The monoisotopic (exact) mass is 391 g/mol. The zero-order valence-corrected chi connectivity index (χ0v) is 16.6. The van der Waals surface area contributed by atoms with E-state index in [9.17, 15) is 13.2 Å². The second-order valence-electron chi connectivity index (χ2n) is 5.73. The molecule has 0 spiro atoms. The van der Waals surface area contributed by atoms with Gasteiger partial charge in [-0.3, -0.25) is 0 Å². The summed E-state index contributed by atoms with van der Waals surface area (Å²) in [6.07, 6.45) is -1.67. The van der Waals surface area contributed by atoms with Crippen LogP contribution in [0.4, 0.5) is 16.2 Å². The first-order valence-electron chi connectivity index (χ1n) is 8.02. The molecule has 9 heteroatoms. The maximum atomic E-state index is 12.2. The molecule has 0 bridgehead atoms. The lowest BCUT2D eigenvalue weighted by Gasteiger charge is -2.24. The quantitative estimate of drug-likeness (QED) is 0.317. The summed E-state index contributed by atoms with van der Waals surface area (Å²) in [5.74, 6) is 5.49. The number of anilines is 2. The summed E-state index contributed by atoms with van der Waals surface area (Å²) in [6, 6.07) is 5.56. The van der Waals surface area contributed by atoms with E-state index >= 15 is 0 Å². The van der Waals surface area contributed by atoms with Crippen LogP contribution in [-0.4, -0.2) is 44.7 Å². The van der Waals surface area contributed by atoms with Gasteiger partial charge in [0.2, 0.25) is 0 Å². The molecular weight excluding hydrogens is 366 g/mol. The molecule has 0 fully saturated rings. The smallest absolute Gasteiger partial charge is 0.429 e. The topological polar surface area (TPSA) is 92.9 Å². The first-order chi connectivity index (χ1) is 11.6. The Bertz CT molecular complexity index is 693. The fourth-order valence-corrected chi connectivity index (χ4v) is 3.60. The van der Waals surface area contributed by atoms with Crippen LogP contribution in [0.2, 0.25) is 0 Å². The second-order valence-corrected chi connectivity index (χ2v) is 8.42. The SMILES string of the molecule is CCN(CC)c1ccc(N(N)C(=O)OC(C)CS(=O)(=O)CCl)c(C)c1. The van der Waals surface area contributed by atoms with Gasteiger partial charge in [-0.2, -0.15) is 0 Å². The zero-order valence-electron chi connectivity index (χ0n) is 15.0. The number of hydrogen-bond acceptors (Lipinski definition) is 6. The zero-order chi connectivity index (χ0) is 19.2. The first-order valence-corrected chi connectivity index (χ1v) is 10.4. The van der Waals surface area contributed by atoms with E-state index in [0.29, 0.717) is 5.69 Å². The number of carbonyl (C=O) groups is 1. The molecular formula is C16H26ClN3O4S. The van der Waals surface area contributed by atoms with Gasteiger partial charge in [0.05, 0.1) is 11.4 Å². The summed E-state index contributed by atoms with van der Waals surface area (Å²) < 4.78 is 28.0. The van der Waals surface area contributed by atoms with E-state index in [0.717, 1.165) is 29.3 Å². The molecule has 0 aliphatic rings. The predicted octanol–water partition coefficient (Wildman–Crippen LogP) is 2.66. The molecule has 1 aromatic carbocycles. The van der Waals surface area contributed by atoms with Crippen molar-refractivity contribution in [2.75, 3.05) is 34.0 Å². The van der Waals surface area contributed by atoms with E-state index in [2.05, 4.69) is 18.7 Å². The summed E-state index contributed by atoms with van der Waals surface area (Å²) in [5.41, 5.74) is 2.34. The van der Waals surface area contributed by atoms with Gasteiger partial charge in [-0.1, -0.05) is 0 Å². The summed E-state index contributed by atoms with van der Waals surface area (Å²) in [5, 5.41) is 0.359. The van der Waals surface area contributed by atoms with Crippen molar-refractivity contribution < 1.29 is 17.9 Å². The van der Waals surface area contributed by atoms with E-state index in [1.807, 2.05) is 19.1 Å². The average molecular weight is 392 g/mol. The fourth-order valence-electron chi connectivity index (χ4n) is 2.46. The molecule has 0 aliphatic heterocycles. The van der Waals surface area contributed by atoms with Crippen LogP contribution < -0.4 is 15.8 Å². The number of amides is 1. The number of nitrogens with zero attached hydrogens (tertiary/aromatic N) is 2. The number of ether oxygens (including phenoxy) is 1. The van der Waals surface area contributed by atoms with Gasteiger partial charge in [0.1, 0.15) is 11.3 Å². The highest BCUT2D eigenvalue weighted by atomic mass is 35.5. The predicted molar refractivity (Wildman–Crippen MR) is 102 cm³/mol. The van der Waals surface area contributed by atoms with Crippen molar-refractivity contribution in [3.05, 3.63) is 23.8 Å². The number of nitrogens with two attached hydrogens (primary N) is 1. The Morgan fingerprint density at radius 3 is 2.40 bits per heavy atom. The summed E-state index contributed by atoms with van der Waals surface area (Å²) in [4.78, 5) is 14.3. The highest BCUT2D eigenvalue weighted by Crippen LogP contribution is 2.25. The van der Waals surface area contributed by atoms with Crippen LogP contribution in [0.25, 0.3) is 0 Å². The molecule has 2 N–H and O–H groups in total. The van der Waals surface area contributed by atoms with Crippen LogP contribution >= 0.6 is 11.6 Å². The van der Waals surface area contributed by atoms with Gasteiger partial charge in [0.25, 0.3) is 0 Å². The average Bonchev–Trinajstić information content (AvgIpc) is 2.55. The Hall–Kier alpha value is -1.51. The number of sulfone groups is 1. The molecule has 1 atom stereocenters. The Balaban J connectivity index is 2.85. The van der Waals surface area contributed by atoms with Gasteiger partial charge >= 0.3 is 6.09 Å². The summed E-state index contributed by atoms with van der Waals surface area (Å²) in [7, 11) is -3.46. The number of alkyl halides is 1. The van der Waals surface area contributed by atoms with Gasteiger partial charge in [-0.05, 0) is 51.5 Å². The van der Waals surface area contributed by atoms with Gasteiger partial charge in [0.15, 0.2) is 9.84 Å². The molecule has 1 rings (SSSR count). The molecule has 25 heavy (non-hydrogen) atoms. The lowest BCUT2D eigenvalue weighted by atomic mass is 10.1. The number of hydrogen-bond donors (Lipinski definition) is 1. The maximum absolute atomic E-state index is 12.2. The van der Waals surface area contributed by atoms with E-state index in [1.54, 1.807) is 6.07 Å². The highest BCUT2D eigenvalue weighted by Gasteiger charge is 2.22. The van der Waals surface area contributed by atoms with Crippen molar-refractivity contribution in [2.24, 2.45) is 5.84 Å². The van der Waals surface area contributed by atoms with Crippen LogP contribution in [0.5, 0.6) is 0 Å². The second kappa shape index (κ2) is 9.26. The molecule has 0 radical (unpaired) electrons. The number of halogens is 1. The molecule has 0 saturated carbocycles. The van der Waals surface area contributed by atoms with E-state index in [4.69, 9.17) is 22.2 Å². The standard InChI is InChI=1S/C16H26ClN3O4S/c1-5-19(6-2)14-7-8-15(12(3)9-14)20(18)16(21)24-13(4)10-25(22,23)11-17/h7-9,13H,5-6,10-11,18H2,1-4H3. The van der Waals surface area contributed by atoms with Gasteiger partial charge < -0.3 is 9.64 Å². The molecule has 0 aromatic heterocycles. The maximum Gasteiger partial charge on any atom is 0.429 e. The molecule has 1 unspecified atom stereocenters. The minimum atomic E-state index is -3.46. The largest absolute Gasteiger partial charge is 0.444 e. The normalized spacial score (nSPS) is 12.6. The molecule has 7 nitrogen and oxygen atoms in total. The minimum Gasteiger partial charge on any atom is -0.444 e. The fraction of sp³-hybridized carbons (Fsp3) is 0.562. The Morgan fingerprint density at radius 1 is 1.32 bits per heavy atom. The molecule has 0 aliphatic carbocycles. The van der Waals surface area contributed by atoms with Crippen molar-refractivity contribution in [2.45, 2.75) is 33.8 Å². The number of benzene rings is 1. The van der Waals surface area contributed by atoms with Crippen molar-refractivity contribution in [1.82, 2.24) is 0 Å². The number of carbonyl (C=O) groups excluding carboxylic acids is 1. The first kappa shape index (κ1) is 21.5. The number of rotatable bonds is 8. The Kier molecular flexibility index (Phi) is 7.98. The molecule has 1 aromatic rings. The van der Waals surface area contributed by atoms with E-state index in [-0.39, 0.29) is 5.75 Å². The van der Waals surface area contributed by atoms with Crippen molar-refractivity contribution in [1.29, 1.82) is 0 Å². The van der Waals surface area contributed by atoms with Crippen LogP contribution in [0.3, 0.4) is 0 Å². The number of aryl methyl sites for hydroxylation is 1. The Labute approximate surface area is 154 Å². The Morgan fingerprint density at radius 2 is 1.92 bits per heavy atom. The van der Waals surface area contributed by atoms with Gasteiger partial charge in [0, 0.05) is 18.8 Å². The lowest BCUT2D eigenvalue weighted by molar-refractivity contribution is 0.124. The van der Waals surface area contributed by atoms with Crippen LogP contribution in [-0.2, 0) is 14.6 Å². The van der Waals surface area contributed by atoms with E-state index < -0.39 is 27.2 Å².